The summed E-state index contributed by atoms with van der Waals surface area (Å²) >= 11 is 0. The van der Waals surface area contributed by atoms with Crippen molar-refractivity contribution in [3.05, 3.63) is 28.3 Å². The molecule has 1 aromatic carbocycles. The van der Waals surface area contributed by atoms with Crippen molar-refractivity contribution >= 4 is 0 Å². The Morgan fingerprint density at radius 1 is 0.750 bits per heavy atom. The van der Waals surface area contributed by atoms with E-state index in [1.807, 2.05) is 0 Å². The maximum Gasteiger partial charge on any atom is 3.00 e. The van der Waals surface area contributed by atoms with Crippen molar-refractivity contribution in [3.63, 3.8) is 0 Å². The van der Waals surface area contributed by atoms with Gasteiger partial charge in [-0.05, 0) is 0 Å². The number of rotatable bonds is 0. The zero-order valence-electron chi connectivity index (χ0n) is 7.83. The molecule has 0 saturated heterocycles. The third kappa shape index (κ3) is 3.57. The topological polar surface area (TPSA) is 0 Å². The average molecular weight is 240 g/mol. The summed E-state index contributed by atoms with van der Waals surface area (Å²) in [5.74, 6) is 0. The zero-order valence-corrected chi connectivity index (χ0v) is 10.9. The van der Waals surface area contributed by atoms with Crippen molar-refractivity contribution in [1.82, 2.24) is 0 Å². The summed E-state index contributed by atoms with van der Waals surface area (Å²) in [5.41, 5.74) is 5.75. The molecule has 3 heteroatoms. The fraction of sp³-hybridized carbons (Fsp3) is 0.444. The summed E-state index contributed by atoms with van der Waals surface area (Å²) < 4.78 is 0. The van der Waals surface area contributed by atoms with E-state index < -0.39 is 0 Å². The molecule has 1 radical (unpaired) electrons. The quantitative estimate of drug-likeness (QED) is 0.328. The van der Waals surface area contributed by atoms with E-state index in [0.717, 1.165) is 0 Å². The van der Waals surface area contributed by atoms with Gasteiger partial charge in [0.1, 0.15) is 0 Å². The molecule has 0 amide bonds. The second kappa shape index (κ2) is 7.09. The largest absolute Gasteiger partial charge is 3.00 e. The van der Waals surface area contributed by atoms with Gasteiger partial charge in [-0.15, -0.1) is 0 Å². The van der Waals surface area contributed by atoms with Crippen molar-refractivity contribution in [2.24, 2.45) is 0 Å². The molecule has 0 fully saturated rings. The average Bonchev–Trinajstić information content (AvgIpc) is 1.98. The van der Waals surface area contributed by atoms with Gasteiger partial charge in [-0.3, -0.25) is 0 Å². The molecule has 1 rings (SSSR count). The van der Waals surface area contributed by atoms with Crippen LogP contribution in [0.4, 0.5) is 0 Å². The Morgan fingerprint density at radius 3 is 1.08 bits per heavy atom. The molecule has 1 aromatic rings. The molecule has 0 atom stereocenters. The van der Waals surface area contributed by atoms with Crippen molar-refractivity contribution < 1.29 is 46.5 Å². The SMILES string of the molecule is Cc1[cH-]c(C)c(C)c1C.[Cl-].[Cl-].[Ti+3]. The van der Waals surface area contributed by atoms with Crippen molar-refractivity contribution in [1.29, 1.82) is 0 Å². The standard InChI is InChI=1S/C9H13.2ClH.Ti/c1-6-5-7(2)9(4)8(6)3;;;/h5H,1-4H3;2*1H;/q-1;;;+3/p-2. The minimum atomic E-state index is 0. The van der Waals surface area contributed by atoms with Crippen LogP contribution in [0.3, 0.4) is 0 Å². The number of aryl methyl sites for hydroxylation is 2. The van der Waals surface area contributed by atoms with E-state index in [1.54, 1.807) is 0 Å². The predicted octanol–water partition coefficient (Wildman–Crippen LogP) is -3.36. The number of halogens is 2. The minimum absolute atomic E-state index is 0. The van der Waals surface area contributed by atoms with Crippen LogP contribution in [0.25, 0.3) is 0 Å². The Balaban J connectivity index is -0.000000270. The maximum atomic E-state index is 2.24. The van der Waals surface area contributed by atoms with Crippen LogP contribution in [0.1, 0.15) is 22.3 Å². The predicted molar refractivity (Wildman–Crippen MR) is 41.0 cm³/mol. The summed E-state index contributed by atoms with van der Waals surface area (Å²) in [5, 5.41) is 0. The molecule has 12 heavy (non-hydrogen) atoms. The van der Waals surface area contributed by atoms with Crippen LogP contribution in [0, 0.1) is 27.7 Å². The van der Waals surface area contributed by atoms with E-state index in [9.17, 15) is 0 Å². The summed E-state index contributed by atoms with van der Waals surface area (Å²) in [7, 11) is 0. The molecule has 0 aliphatic rings. The second-order valence-electron chi connectivity index (χ2n) is 2.76. The Morgan fingerprint density at radius 2 is 1.00 bits per heavy atom. The van der Waals surface area contributed by atoms with E-state index >= 15 is 0 Å². The third-order valence-corrected chi connectivity index (χ3v) is 2.18. The molecule has 0 aliphatic carbocycles. The zero-order chi connectivity index (χ0) is 7.02. The monoisotopic (exact) mass is 239 g/mol. The van der Waals surface area contributed by atoms with Crippen molar-refractivity contribution in [3.8, 4) is 0 Å². The molecular formula is C9H13Cl2Ti. The molecule has 0 aromatic heterocycles. The summed E-state index contributed by atoms with van der Waals surface area (Å²) in [4.78, 5) is 0. The molecule has 0 spiro atoms. The van der Waals surface area contributed by atoms with Gasteiger partial charge >= 0.3 is 21.7 Å². The van der Waals surface area contributed by atoms with Crippen LogP contribution in [0.2, 0.25) is 0 Å². The van der Waals surface area contributed by atoms with Crippen molar-refractivity contribution in [2.45, 2.75) is 27.7 Å². The van der Waals surface area contributed by atoms with E-state index in [0.29, 0.717) is 0 Å². The van der Waals surface area contributed by atoms with Gasteiger partial charge in [0.2, 0.25) is 0 Å². The van der Waals surface area contributed by atoms with Gasteiger partial charge in [0.25, 0.3) is 0 Å². The molecule has 0 N–H and O–H groups in total. The maximum absolute atomic E-state index is 2.24. The minimum Gasteiger partial charge on any atom is -1.00 e. The Labute approximate surface area is 102 Å². The second-order valence-corrected chi connectivity index (χ2v) is 2.76. The van der Waals surface area contributed by atoms with Crippen LogP contribution >= 0.6 is 0 Å². The molecule has 0 unspecified atom stereocenters. The first kappa shape index (κ1) is 18.4. The van der Waals surface area contributed by atoms with E-state index in [4.69, 9.17) is 0 Å². The Kier molecular flexibility index (Phi) is 10.9. The summed E-state index contributed by atoms with van der Waals surface area (Å²) in [6, 6.07) is 2.24. The number of hydrogen-bond donors (Lipinski definition) is 0. The molecule has 67 valence electrons. The molecule has 0 nitrogen and oxygen atoms in total. The van der Waals surface area contributed by atoms with Gasteiger partial charge in [-0.1, -0.05) is 27.7 Å². The number of hydrogen-bond acceptors (Lipinski definition) is 0. The van der Waals surface area contributed by atoms with Gasteiger partial charge in [0.15, 0.2) is 0 Å². The first-order valence-electron chi connectivity index (χ1n) is 3.33. The Hall–Kier alpha value is 0.644. The van der Waals surface area contributed by atoms with Crippen LogP contribution in [0.15, 0.2) is 6.07 Å². The molecular weight excluding hydrogens is 227 g/mol. The first-order chi connectivity index (χ1) is 4.13. The van der Waals surface area contributed by atoms with Gasteiger partial charge in [0.05, 0.1) is 0 Å². The van der Waals surface area contributed by atoms with E-state index in [-0.39, 0.29) is 46.5 Å². The fourth-order valence-electron chi connectivity index (χ4n) is 1.13. The van der Waals surface area contributed by atoms with E-state index in [1.165, 1.54) is 22.3 Å². The summed E-state index contributed by atoms with van der Waals surface area (Å²) in [6.45, 7) is 8.68. The normalized spacial score (nSPS) is 7.67. The van der Waals surface area contributed by atoms with Gasteiger partial charge in [0, 0.05) is 0 Å². The smallest absolute Gasteiger partial charge is 1.00 e. The van der Waals surface area contributed by atoms with Crippen LogP contribution < -0.4 is 24.8 Å². The first-order valence-corrected chi connectivity index (χ1v) is 3.33. The third-order valence-electron chi connectivity index (χ3n) is 2.18. The van der Waals surface area contributed by atoms with Crippen molar-refractivity contribution in [2.75, 3.05) is 0 Å². The molecule has 0 saturated carbocycles. The summed E-state index contributed by atoms with van der Waals surface area (Å²) in [6.07, 6.45) is 0. The molecule has 0 bridgehead atoms. The van der Waals surface area contributed by atoms with Crippen LogP contribution in [-0.2, 0) is 21.7 Å². The molecule has 0 aliphatic heterocycles. The van der Waals surface area contributed by atoms with Crippen LogP contribution in [-0.4, -0.2) is 0 Å². The fourth-order valence-corrected chi connectivity index (χ4v) is 1.13. The van der Waals surface area contributed by atoms with E-state index in [2.05, 4.69) is 33.8 Å². The van der Waals surface area contributed by atoms with Gasteiger partial charge < -0.3 is 24.8 Å². The Bertz CT molecular complexity index is 206. The van der Waals surface area contributed by atoms with Crippen LogP contribution in [0.5, 0.6) is 0 Å². The van der Waals surface area contributed by atoms with Gasteiger partial charge in [-0.2, -0.15) is 28.3 Å². The van der Waals surface area contributed by atoms with Gasteiger partial charge in [-0.25, -0.2) is 0 Å². The molecule has 0 heterocycles.